The Morgan fingerprint density at radius 1 is 1.08 bits per heavy atom. The monoisotopic (exact) mass is 407 g/mol. The summed E-state index contributed by atoms with van der Waals surface area (Å²) in [6, 6.07) is 14.3. The standard InChI is InChI=1S/C18H18BrNO3S/c1-24(22,23)16-10-6-14(7-11-16)18(21)20-12-2-3-17(20)13-4-8-15(19)9-5-13/h4-11,17H,2-3,12H2,1H3. The van der Waals surface area contributed by atoms with Crippen molar-refractivity contribution in [1.82, 2.24) is 4.90 Å². The molecule has 0 bridgehead atoms. The highest BCUT2D eigenvalue weighted by molar-refractivity contribution is 9.10. The summed E-state index contributed by atoms with van der Waals surface area (Å²) in [4.78, 5) is 14.9. The molecule has 2 aromatic rings. The Morgan fingerprint density at radius 3 is 2.29 bits per heavy atom. The molecule has 6 heteroatoms. The fourth-order valence-corrected chi connectivity index (χ4v) is 3.95. The van der Waals surface area contributed by atoms with Gasteiger partial charge in [-0.25, -0.2) is 8.42 Å². The van der Waals surface area contributed by atoms with Crippen molar-refractivity contribution in [1.29, 1.82) is 0 Å². The molecule has 0 radical (unpaired) electrons. The van der Waals surface area contributed by atoms with Gasteiger partial charge in [0.15, 0.2) is 9.84 Å². The minimum absolute atomic E-state index is 0.0551. The molecule has 0 saturated carbocycles. The number of amides is 1. The van der Waals surface area contributed by atoms with Crippen LogP contribution in [0.25, 0.3) is 0 Å². The molecule has 1 fully saturated rings. The number of sulfone groups is 1. The summed E-state index contributed by atoms with van der Waals surface area (Å²) in [5.74, 6) is -0.0551. The van der Waals surface area contributed by atoms with Crippen molar-refractivity contribution in [2.75, 3.05) is 12.8 Å². The number of rotatable bonds is 3. The Balaban J connectivity index is 1.84. The van der Waals surface area contributed by atoms with Crippen molar-refractivity contribution in [2.24, 2.45) is 0 Å². The molecule has 2 aromatic carbocycles. The summed E-state index contributed by atoms with van der Waals surface area (Å²) in [6.07, 6.45) is 3.07. The van der Waals surface area contributed by atoms with Gasteiger partial charge in [-0.1, -0.05) is 28.1 Å². The predicted molar refractivity (Wildman–Crippen MR) is 96.7 cm³/mol. The second-order valence-corrected chi connectivity index (χ2v) is 8.94. The fraction of sp³-hybridized carbons (Fsp3) is 0.278. The van der Waals surface area contributed by atoms with E-state index in [9.17, 15) is 13.2 Å². The molecule has 1 heterocycles. The third-order valence-electron chi connectivity index (χ3n) is 4.30. The number of hydrogen-bond donors (Lipinski definition) is 0. The molecule has 1 saturated heterocycles. The van der Waals surface area contributed by atoms with Crippen molar-refractivity contribution in [3.8, 4) is 0 Å². The van der Waals surface area contributed by atoms with Gasteiger partial charge in [0.1, 0.15) is 0 Å². The maximum absolute atomic E-state index is 12.8. The molecule has 1 aliphatic heterocycles. The summed E-state index contributed by atoms with van der Waals surface area (Å²) >= 11 is 3.43. The molecule has 24 heavy (non-hydrogen) atoms. The smallest absolute Gasteiger partial charge is 0.254 e. The van der Waals surface area contributed by atoms with Gasteiger partial charge in [-0.05, 0) is 54.8 Å². The van der Waals surface area contributed by atoms with Crippen molar-refractivity contribution in [3.05, 3.63) is 64.1 Å². The van der Waals surface area contributed by atoms with Gasteiger partial charge in [0.25, 0.3) is 5.91 Å². The normalized spacial score (nSPS) is 17.9. The van der Waals surface area contributed by atoms with E-state index < -0.39 is 9.84 Å². The van der Waals surface area contributed by atoms with Crippen LogP contribution in [0.4, 0.5) is 0 Å². The summed E-state index contributed by atoms with van der Waals surface area (Å²) in [6.45, 7) is 0.716. The molecule has 0 aromatic heterocycles. The average Bonchev–Trinajstić information content (AvgIpc) is 3.04. The van der Waals surface area contributed by atoms with E-state index in [0.29, 0.717) is 12.1 Å². The zero-order valence-corrected chi connectivity index (χ0v) is 15.7. The van der Waals surface area contributed by atoms with Gasteiger partial charge in [-0.2, -0.15) is 0 Å². The van der Waals surface area contributed by atoms with E-state index in [2.05, 4.69) is 15.9 Å². The molecular weight excluding hydrogens is 390 g/mol. The molecule has 126 valence electrons. The SMILES string of the molecule is CS(=O)(=O)c1ccc(C(=O)N2CCCC2c2ccc(Br)cc2)cc1. The van der Waals surface area contributed by atoms with E-state index in [1.165, 1.54) is 12.1 Å². The minimum Gasteiger partial charge on any atom is -0.332 e. The maximum Gasteiger partial charge on any atom is 0.254 e. The largest absolute Gasteiger partial charge is 0.332 e. The molecule has 0 N–H and O–H groups in total. The molecular formula is C18H18BrNO3S. The van der Waals surface area contributed by atoms with E-state index >= 15 is 0 Å². The lowest BCUT2D eigenvalue weighted by Crippen LogP contribution is -2.30. The summed E-state index contributed by atoms with van der Waals surface area (Å²) in [7, 11) is -3.25. The highest BCUT2D eigenvalue weighted by atomic mass is 79.9. The van der Waals surface area contributed by atoms with Crippen LogP contribution >= 0.6 is 15.9 Å². The first-order chi connectivity index (χ1) is 11.4. The van der Waals surface area contributed by atoms with E-state index in [-0.39, 0.29) is 16.8 Å². The zero-order chi connectivity index (χ0) is 17.3. The van der Waals surface area contributed by atoms with Crippen molar-refractivity contribution in [2.45, 2.75) is 23.8 Å². The molecule has 3 rings (SSSR count). The third kappa shape index (κ3) is 3.54. The van der Waals surface area contributed by atoms with Crippen LogP contribution in [0.5, 0.6) is 0 Å². The topological polar surface area (TPSA) is 54.5 Å². The van der Waals surface area contributed by atoms with Gasteiger partial charge in [-0.15, -0.1) is 0 Å². The molecule has 1 amide bonds. The minimum atomic E-state index is -3.25. The van der Waals surface area contributed by atoms with Crippen molar-refractivity contribution >= 4 is 31.7 Å². The van der Waals surface area contributed by atoms with Crippen LogP contribution in [0.15, 0.2) is 57.9 Å². The van der Waals surface area contributed by atoms with Crippen LogP contribution in [0.1, 0.15) is 34.8 Å². The van der Waals surface area contributed by atoms with Crippen molar-refractivity contribution < 1.29 is 13.2 Å². The van der Waals surface area contributed by atoms with Crippen LogP contribution in [-0.2, 0) is 9.84 Å². The molecule has 1 atom stereocenters. The van der Waals surface area contributed by atoms with Crippen LogP contribution < -0.4 is 0 Å². The lowest BCUT2D eigenvalue weighted by Gasteiger charge is -2.25. The van der Waals surface area contributed by atoms with Crippen LogP contribution in [0, 0.1) is 0 Å². The van der Waals surface area contributed by atoms with E-state index in [1.54, 1.807) is 12.1 Å². The number of halogens is 1. The molecule has 0 spiro atoms. The quantitative estimate of drug-likeness (QED) is 0.776. The summed E-state index contributed by atoms with van der Waals surface area (Å²) in [5.41, 5.74) is 1.64. The number of carbonyl (C=O) groups is 1. The Bertz CT molecular complexity index is 845. The van der Waals surface area contributed by atoms with E-state index in [0.717, 1.165) is 29.1 Å². The molecule has 1 aliphatic rings. The highest BCUT2D eigenvalue weighted by Crippen LogP contribution is 2.33. The zero-order valence-electron chi connectivity index (χ0n) is 13.3. The summed E-state index contributed by atoms with van der Waals surface area (Å²) < 4.78 is 24.1. The van der Waals surface area contributed by atoms with Crippen LogP contribution in [0.3, 0.4) is 0 Å². The number of carbonyl (C=O) groups excluding carboxylic acids is 1. The maximum atomic E-state index is 12.8. The highest BCUT2D eigenvalue weighted by Gasteiger charge is 2.30. The Labute approximate surface area is 150 Å². The van der Waals surface area contributed by atoms with Crippen molar-refractivity contribution in [3.63, 3.8) is 0 Å². The first-order valence-corrected chi connectivity index (χ1v) is 10.4. The van der Waals surface area contributed by atoms with E-state index in [4.69, 9.17) is 0 Å². The molecule has 1 unspecified atom stereocenters. The second kappa shape index (κ2) is 6.69. The molecule has 0 aliphatic carbocycles. The van der Waals surface area contributed by atoms with Gasteiger partial charge in [0, 0.05) is 22.8 Å². The lowest BCUT2D eigenvalue weighted by molar-refractivity contribution is 0.0735. The van der Waals surface area contributed by atoms with Crippen LogP contribution in [-0.4, -0.2) is 32.0 Å². The van der Waals surface area contributed by atoms with E-state index in [1.807, 2.05) is 29.2 Å². The fourth-order valence-electron chi connectivity index (χ4n) is 3.05. The van der Waals surface area contributed by atoms with Gasteiger partial charge in [0.05, 0.1) is 10.9 Å². The third-order valence-corrected chi connectivity index (χ3v) is 5.95. The van der Waals surface area contributed by atoms with Gasteiger partial charge in [-0.3, -0.25) is 4.79 Å². The number of benzene rings is 2. The van der Waals surface area contributed by atoms with Gasteiger partial charge < -0.3 is 4.90 Å². The summed E-state index contributed by atoms with van der Waals surface area (Å²) in [5, 5.41) is 0. The molecule has 4 nitrogen and oxygen atoms in total. The second-order valence-electron chi connectivity index (χ2n) is 6.00. The Kier molecular flexibility index (Phi) is 4.78. The Morgan fingerprint density at radius 2 is 1.71 bits per heavy atom. The predicted octanol–water partition coefficient (Wildman–Crippen LogP) is 3.83. The number of hydrogen-bond acceptors (Lipinski definition) is 3. The van der Waals surface area contributed by atoms with Gasteiger partial charge >= 0.3 is 0 Å². The number of likely N-dealkylation sites (tertiary alicyclic amines) is 1. The van der Waals surface area contributed by atoms with Crippen LogP contribution in [0.2, 0.25) is 0 Å². The van der Waals surface area contributed by atoms with Gasteiger partial charge in [0.2, 0.25) is 0 Å². The number of nitrogens with zero attached hydrogens (tertiary/aromatic N) is 1. The first kappa shape index (κ1) is 17.2. The Hall–Kier alpha value is -1.66. The first-order valence-electron chi connectivity index (χ1n) is 7.73. The average molecular weight is 408 g/mol. The lowest BCUT2D eigenvalue weighted by atomic mass is 10.0.